The van der Waals surface area contributed by atoms with Crippen LogP contribution >= 0.6 is 0 Å². The fourth-order valence-electron chi connectivity index (χ4n) is 3.10. The molecule has 0 heterocycles. The molecule has 0 unspecified atom stereocenters. The van der Waals surface area contributed by atoms with Gasteiger partial charge in [0.15, 0.2) is 0 Å². The van der Waals surface area contributed by atoms with E-state index in [1.807, 2.05) is 36.4 Å². The fourth-order valence-corrected chi connectivity index (χ4v) is 4.28. The molecular weight excluding hydrogens is 442 g/mol. The van der Waals surface area contributed by atoms with Crippen molar-refractivity contribution >= 4 is 27.6 Å². The normalized spacial score (nSPS) is 11.1. The van der Waals surface area contributed by atoms with Gasteiger partial charge >= 0.3 is 5.97 Å². The van der Waals surface area contributed by atoms with E-state index in [9.17, 15) is 23.1 Å². The van der Waals surface area contributed by atoms with Crippen molar-refractivity contribution in [3.63, 3.8) is 0 Å². The Balaban J connectivity index is 1.72. The van der Waals surface area contributed by atoms with E-state index in [4.69, 9.17) is 5.26 Å². The first kappa shape index (κ1) is 23.7. The lowest BCUT2D eigenvalue weighted by molar-refractivity contribution is 0.0698. The molecular formula is C24H21N3O5S. The Hall–Kier alpha value is -4.00. The molecule has 9 heteroatoms. The van der Waals surface area contributed by atoms with Crippen molar-refractivity contribution in [2.75, 3.05) is 18.9 Å². The predicted octanol–water partition coefficient (Wildman–Crippen LogP) is 3.37. The Kier molecular flexibility index (Phi) is 7.23. The van der Waals surface area contributed by atoms with Gasteiger partial charge in [-0.05, 0) is 54.4 Å². The molecule has 0 aromatic heterocycles. The third kappa shape index (κ3) is 5.63. The van der Waals surface area contributed by atoms with Crippen LogP contribution in [0, 0.1) is 11.3 Å². The van der Waals surface area contributed by atoms with Crippen LogP contribution in [0.5, 0.6) is 0 Å². The molecule has 0 spiro atoms. The average Bonchev–Trinajstić information content (AvgIpc) is 2.83. The molecule has 0 aliphatic heterocycles. The minimum atomic E-state index is -3.74. The first-order valence-corrected chi connectivity index (χ1v) is 11.4. The molecule has 168 valence electrons. The van der Waals surface area contributed by atoms with Crippen molar-refractivity contribution in [2.24, 2.45) is 0 Å². The number of nitriles is 1. The lowest BCUT2D eigenvalue weighted by atomic mass is 10.1. The fraction of sp³-hybridized carbons (Fsp3) is 0.125. The highest BCUT2D eigenvalue weighted by molar-refractivity contribution is 7.89. The van der Waals surface area contributed by atoms with Crippen LogP contribution < -0.4 is 5.32 Å². The van der Waals surface area contributed by atoms with E-state index in [0.717, 1.165) is 5.56 Å². The zero-order valence-electron chi connectivity index (χ0n) is 17.7. The van der Waals surface area contributed by atoms with Gasteiger partial charge in [0.05, 0.1) is 27.8 Å². The smallest absolute Gasteiger partial charge is 0.337 e. The molecule has 0 radical (unpaired) electrons. The molecule has 0 saturated heterocycles. The van der Waals surface area contributed by atoms with Crippen LogP contribution in [0.15, 0.2) is 77.7 Å². The van der Waals surface area contributed by atoms with E-state index in [1.165, 1.54) is 53.8 Å². The van der Waals surface area contributed by atoms with Crippen molar-refractivity contribution in [1.82, 2.24) is 4.31 Å². The highest BCUT2D eigenvalue weighted by Crippen LogP contribution is 2.20. The third-order valence-corrected chi connectivity index (χ3v) is 6.88. The molecule has 2 N–H and O–H groups in total. The number of carboxylic acids is 1. The number of benzene rings is 3. The van der Waals surface area contributed by atoms with Crippen LogP contribution in [0.1, 0.15) is 31.8 Å². The van der Waals surface area contributed by atoms with Crippen molar-refractivity contribution < 1.29 is 23.1 Å². The molecule has 3 aromatic rings. The summed E-state index contributed by atoms with van der Waals surface area (Å²) < 4.78 is 26.9. The molecule has 0 saturated carbocycles. The van der Waals surface area contributed by atoms with E-state index in [2.05, 4.69) is 5.32 Å². The second kappa shape index (κ2) is 10.1. The zero-order chi connectivity index (χ0) is 24.0. The van der Waals surface area contributed by atoms with Crippen molar-refractivity contribution in [3.05, 3.63) is 95.1 Å². The second-order valence-corrected chi connectivity index (χ2v) is 9.26. The topological polar surface area (TPSA) is 128 Å². The summed E-state index contributed by atoms with van der Waals surface area (Å²) in [5.41, 5.74) is 1.14. The van der Waals surface area contributed by atoms with Gasteiger partial charge in [0, 0.05) is 19.2 Å². The Morgan fingerprint density at radius 2 is 1.70 bits per heavy atom. The molecule has 1 amide bonds. The van der Waals surface area contributed by atoms with E-state index in [-0.39, 0.29) is 27.3 Å². The van der Waals surface area contributed by atoms with Gasteiger partial charge in [-0.2, -0.15) is 5.26 Å². The standard InChI is InChI=1S/C24H21N3O5S/c1-27(14-13-17-5-3-2-4-6-17)33(31,32)20-10-8-19(9-11-20)23(28)26-22-12-7-18(16-25)15-21(22)24(29)30/h2-12,15H,13-14H2,1H3,(H,26,28)(H,29,30). The summed E-state index contributed by atoms with van der Waals surface area (Å²) in [6, 6.07) is 20.7. The first-order chi connectivity index (χ1) is 15.7. The molecule has 3 aromatic carbocycles. The molecule has 0 aliphatic rings. The van der Waals surface area contributed by atoms with Crippen LogP contribution in [0.4, 0.5) is 5.69 Å². The Labute approximate surface area is 191 Å². The predicted molar refractivity (Wildman–Crippen MR) is 122 cm³/mol. The summed E-state index contributed by atoms with van der Waals surface area (Å²) in [6.07, 6.45) is 0.563. The largest absolute Gasteiger partial charge is 0.478 e. The molecule has 3 rings (SSSR count). The summed E-state index contributed by atoms with van der Waals surface area (Å²) in [7, 11) is -2.25. The Bertz CT molecular complexity index is 1310. The minimum Gasteiger partial charge on any atom is -0.478 e. The zero-order valence-corrected chi connectivity index (χ0v) is 18.5. The van der Waals surface area contributed by atoms with Gasteiger partial charge in [0.2, 0.25) is 10.0 Å². The number of rotatable bonds is 8. The Morgan fingerprint density at radius 1 is 1.03 bits per heavy atom. The van der Waals surface area contributed by atoms with Gasteiger partial charge in [-0.15, -0.1) is 0 Å². The molecule has 0 bridgehead atoms. The Morgan fingerprint density at radius 3 is 2.30 bits per heavy atom. The number of likely N-dealkylation sites (N-methyl/N-ethyl adjacent to an activating group) is 1. The van der Waals surface area contributed by atoms with Gasteiger partial charge < -0.3 is 10.4 Å². The maximum Gasteiger partial charge on any atom is 0.337 e. The second-order valence-electron chi connectivity index (χ2n) is 7.22. The van der Waals surface area contributed by atoms with Crippen molar-refractivity contribution in [2.45, 2.75) is 11.3 Å². The lowest BCUT2D eigenvalue weighted by Gasteiger charge is -2.17. The molecule has 0 atom stereocenters. The van der Waals surface area contributed by atoms with Crippen molar-refractivity contribution in [1.29, 1.82) is 5.26 Å². The quantitative estimate of drug-likeness (QED) is 0.527. The van der Waals surface area contributed by atoms with E-state index in [1.54, 1.807) is 0 Å². The highest BCUT2D eigenvalue weighted by atomic mass is 32.2. The number of nitrogens with one attached hydrogen (secondary N) is 1. The number of amides is 1. The average molecular weight is 464 g/mol. The highest BCUT2D eigenvalue weighted by Gasteiger charge is 2.21. The number of carboxylic acid groups (broad SMARTS) is 1. The third-order valence-electron chi connectivity index (χ3n) is 5.01. The summed E-state index contributed by atoms with van der Waals surface area (Å²) in [5.74, 6) is -1.90. The molecule has 0 aliphatic carbocycles. The van der Waals surface area contributed by atoms with E-state index in [0.29, 0.717) is 13.0 Å². The van der Waals surface area contributed by atoms with Crippen LogP contribution in [0.2, 0.25) is 0 Å². The monoisotopic (exact) mass is 463 g/mol. The number of sulfonamides is 1. The summed E-state index contributed by atoms with van der Waals surface area (Å²) in [5, 5.41) is 20.8. The van der Waals surface area contributed by atoms with Crippen LogP contribution in [0.25, 0.3) is 0 Å². The molecule has 0 fully saturated rings. The number of anilines is 1. The van der Waals surface area contributed by atoms with Crippen LogP contribution in [0.3, 0.4) is 0 Å². The van der Waals surface area contributed by atoms with Crippen LogP contribution in [-0.4, -0.2) is 43.3 Å². The maximum absolute atomic E-state index is 12.8. The SMILES string of the molecule is CN(CCc1ccccc1)S(=O)(=O)c1ccc(C(=O)Nc2ccc(C#N)cc2C(=O)O)cc1. The molecule has 33 heavy (non-hydrogen) atoms. The lowest BCUT2D eigenvalue weighted by Crippen LogP contribution is -2.29. The van der Waals surface area contributed by atoms with Crippen LogP contribution in [-0.2, 0) is 16.4 Å². The number of nitrogens with zero attached hydrogens (tertiary/aromatic N) is 2. The minimum absolute atomic E-state index is 0.0313. The number of carbonyl (C=O) groups excluding carboxylic acids is 1. The molecule has 8 nitrogen and oxygen atoms in total. The van der Waals surface area contributed by atoms with Gasteiger partial charge in [-0.1, -0.05) is 30.3 Å². The van der Waals surface area contributed by atoms with E-state index < -0.39 is 21.9 Å². The van der Waals surface area contributed by atoms with Gasteiger partial charge in [0.1, 0.15) is 0 Å². The summed E-state index contributed by atoms with van der Waals surface area (Å²) in [4.78, 5) is 24.0. The number of carbonyl (C=O) groups is 2. The summed E-state index contributed by atoms with van der Waals surface area (Å²) in [6.45, 7) is 0.297. The number of aromatic carboxylic acids is 1. The van der Waals surface area contributed by atoms with Gasteiger partial charge in [-0.3, -0.25) is 4.79 Å². The number of hydrogen-bond acceptors (Lipinski definition) is 5. The van der Waals surface area contributed by atoms with Gasteiger partial charge in [-0.25, -0.2) is 17.5 Å². The van der Waals surface area contributed by atoms with Gasteiger partial charge in [0.25, 0.3) is 5.91 Å². The number of hydrogen-bond donors (Lipinski definition) is 2. The maximum atomic E-state index is 12.8. The van der Waals surface area contributed by atoms with E-state index >= 15 is 0 Å². The summed E-state index contributed by atoms with van der Waals surface area (Å²) >= 11 is 0. The first-order valence-electron chi connectivity index (χ1n) is 9.91. The van der Waals surface area contributed by atoms with Crippen molar-refractivity contribution in [3.8, 4) is 6.07 Å².